The van der Waals surface area contributed by atoms with E-state index in [-0.39, 0.29) is 16.7 Å². The molecule has 0 saturated heterocycles. The van der Waals surface area contributed by atoms with E-state index in [1.54, 1.807) is 0 Å². The maximum atomic E-state index is 12.6. The summed E-state index contributed by atoms with van der Waals surface area (Å²) < 4.78 is 63.6. The van der Waals surface area contributed by atoms with Gasteiger partial charge in [-0.05, 0) is 24.3 Å². The number of benzene rings is 2. The second-order valence-electron chi connectivity index (χ2n) is 4.99. The summed E-state index contributed by atoms with van der Waals surface area (Å²) in [6.07, 6.45) is 0. The van der Waals surface area contributed by atoms with E-state index >= 15 is 0 Å². The number of carbonyl (C=O) groups is 2. The number of hydrogen-bond acceptors (Lipinski definition) is 6. The van der Waals surface area contributed by atoms with Gasteiger partial charge in [0.15, 0.2) is 11.6 Å². The van der Waals surface area contributed by atoms with Gasteiger partial charge >= 0.3 is 0 Å². The molecule has 3 rings (SSSR count). The molecular weight excluding hydrogens is 360 g/mol. The summed E-state index contributed by atoms with van der Waals surface area (Å²) in [5.41, 5.74) is -1.27. The molecule has 0 radical (unpaired) electrons. The van der Waals surface area contributed by atoms with Gasteiger partial charge in [-0.3, -0.25) is 18.7 Å². The number of rotatable bonds is 2. The summed E-state index contributed by atoms with van der Waals surface area (Å²) in [6, 6.07) is 6.18. The molecule has 2 aromatic carbocycles. The number of ketones is 2. The van der Waals surface area contributed by atoms with Crippen LogP contribution in [0, 0.1) is 0 Å². The molecule has 0 atom stereocenters. The molecule has 0 bridgehead atoms. The van der Waals surface area contributed by atoms with Crippen LogP contribution in [0.15, 0.2) is 46.2 Å². The molecule has 10 heteroatoms. The van der Waals surface area contributed by atoms with Crippen LogP contribution < -0.4 is 0 Å². The van der Waals surface area contributed by atoms with Crippen LogP contribution >= 0.6 is 0 Å². The normalized spacial score (nSPS) is 14.2. The SMILES string of the molecule is O=C1c2ccc(S(=O)(=O)O)cc2C(=O)c2c1cccc2S(=O)(=O)O. The molecule has 0 unspecified atom stereocenters. The average Bonchev–Trinajstić information content (AvgIpc) is 2.49. The first-order valence-electron chi connectivity index (χ1n) is 6.33. The molecule has 8 nitrogen and oxygen atoms in total. The summed E-state index contributed by atoms with van der Waals surface area (Å²) in [5.74, 6) is -1.65. The van der Waals surface area contributed by atoms with Crippen LogP contribution in [0.2, 0.25) is 0 Å². The zero-order chi connectivity index (χ0) is 17.9. The maximum Gasteiger partial charge on any atom is 0.295 e. The zero-order valence-corrected chi connectivity index (χ0v) is 13.3. The van der Waals surface area contributed by atoms with Crippen LogP contribution in [0.3, 0.4) is 0 Å². The molecule has 0 saturated carbocycles. The van der Waals surface area contributed by atoms with E-state index in [1.807, 2.05) is 0 Å². The van der Waals surface area contributed by atoms with Crippen LogP contribution in [0.4, 0.5) is 0 Å². The highest BCUT2D eigenvalue weighted by Crippen LogP contribution is 2.32. The van der Waals surface area contributed by atoms with Crippen molar-refractivity contribution in [3.8, 4) is 0 Å². The van der Waals surface area contributed by atoms with Gasteiger partial charge in [-0.15, -0.1) is 0 Å². The molecule has 2 aromatic rings. The van der Waals surface area contributed by atoms with Crippen LogP contribution in [0.5, 0.6) is 0 Å². The van der Waals surface area contributed by atoms with Crippen molar-refractivity contribution in [3.63, 3.8) is 0 Å². The Hall–Kier alpha value is -2.40. The summed E-state index contributed by atoms with van der Waals surface area (Å²) in [5, 5.41) is 0. The predicted molar refractivity (Wildman–Crippen MR) is 79.4 cm³/mol. The highest BCUT2D eigenvalue weighted by Gasteiger charge is 2.35. The summed E-state index contributed by atoms with van der Waals surface area (Å²) >= 11 is 0. The topological polar surface area (TPSA) is 143 Å². The molecule has 1 aliphatic carbocycles. The Kier molecular flexibility index (Phi) is 3.46. The van der Waals surface area contributed by atoms with Gasteiger partial charge in [0.25, 0.3) is 20.2 Å². The Morgan fingerprint density at radius 1 is 0.708 bits per heavy atom. The minimum atomic E-state index is -4.78. The van der Waals surface area contributed by atoms with Gasteiger partial charge in [0.1, 0.15) is 4.90 Å². The molecule has 124 valence electrons. The van der Waals surface area contributed by atoms with Crippen molar-refractivity contribution in [3.05, 3.63) is 58.7 Å². The lowest BCUT2D eigenvalue weighted by Gasteiger charge is -2.19. The maximum absolute atomic E-state index is 12.6. The Labute approximate surface area is 136 Å². The second kappa shape index (κ2) is 5.05. The van der Waals surface area contributed by atoms with Gasteiger partial charge in [0, 0.05) is 16.7 Å². The van der Waals surface area contributed by atoms with Gasteiger partial charge in [-0.2, -0.15) is 16.8 Å². The standard InChI is InChI=1S/C14H8O8S2/c15-13-8-5-4-7(23(17,18)19)6-10(8)14(16)12-9(13)2-1-3-11(12)24(20,21)22/h1-6H,(H,17,18,19)(H,20,21,22). The first-order chi connectivity index (χ1) is 11.0. The highest BCUT2D eigenvalue weighted by atomic mass is 32.2. The fourth-order valence-electron chi connectivity index (χ4n) is 2.52. The van der Waals surface area contributed by atoms with Crippen molar-refractivity contribution in [2.45, 2.75) is 9.79 Å². The predicted octanol–water partition coefficient (Wildman–Crippen LogP) is 0.955. The van der Waals surface area contributed by atoms with Gasteiger partial charge in [0.05, 0.1) is 10.5 Å². The van der Waals surface area contributed by atoms with Crippen molar-refractivity contribution in [1.82, 2.24) is 0 Å². The van der Waals surface area contributed by atoms with Crippen molar-refractivity contribution in [2.24, 2.45) is 0 Å². The summed E-state index contributed by atoms with van der Waals surface area (Å²) in [7, 11) is -9.41. The van der Waals surface area contributed by atoms with E-state index in [1.165, 1.54) is 12.1 Å². The van der Waals surface area contributed by atoms with Crippen LogP contribution in [-0.4, -0.2) is 37.5 Å². The number of hydrogen-bond donors (Lipinski definition) is 2. The lowest BCUT2D eigenvalue weighted by molar-refractivity contribution is 0.0976. The van der Waals surface area contributed by atoms with E-state index in [4.69, 9.17) is 4.55 Å². The van der Waals surface area contributed by atoms with Crippen LogP contribution in [-0.2, 0) is 20.2 Å². The fraction of sp³-hybridized carbons (Fsp3) is 0. The first kappa shape index (κ1) is 16.5. The number of fused-ring (bicyclic) bond motifs is 2. The zero-order valence-electron chi connectivity index (χ0n) is 11.6. The molecule has 24 heavy (non-hydrogen) atoms. The van der Waals surface area contributed by atoms with E-state index < -0.39 is 47.2 Å². The summed E-state index contributed by atoms with van der Waals surface area (Å²) in [4.78, 5) is 23.7. The molecule has 0 aromatic heterocycles. The first-order valence-corrected chi connectivity index (χ1v) is 9.21. The van der Waals surface area contributed by atoms with Gasteiger partial charge in [0.2, 0.25) is 0 Å². The quantitative estimate of drug-likeness (QED) is 0.637. The lowest BCUT2D eigenvalue weighted by atomic mass is 9.84. The van der Waals surface area contributed by atoms with E-state index in [9.17, 15) is 31.0 Å². The number of carbonyl (C=O) groups excluding carboxylic acids is 2. The van der Waals surface area contributed by atoms with Crippen molar-refractivity contribution < 1.29 is 35.5 Å². The van der Waals surface area contributed by atoms with Gasteiger partial charge in [-0.1, -0.05) is 12.1 Å². The van der Waals surface area contributed by atoms with Gasteiger partial charge < -0.3 is 0 Å². The molecule has 0 amide bonds. The third kappa shape index (κ3) is 2.45. The fourth-order valence-corrected chi connectivity index (χ4v) is 3.74. The lowest BCUT2D eigenvalue weighted by Crippen LogP contribution is -2.24. The molecular formula is C14H8O8S2. The highest BCUT2D eigenvalue weighted by molar-refractivity contribution is 7.86. The smallest absolute Gasteiger partial charge is 0.289 e. The van der Waals surface area contributed by atoms with Crippen molar-refractivity contribution in [2.75, 3.05) is 0 Å². The molecule has 0 aliphatic heterocycles. The molecule has 0 spiro atoms. The molecule has 0 fully saturated rings. The van der Waals surface area contributed by atoms with Crippen LogP contribution in [0.1, 0.15) is 31.8 Å². The Bertz CT molecular complexity index is 1130. The van der Waals surface area contributed by atoms with Crippen LogP contribution in [0.25, 0.3) is 0 Å². The average molecular weight is 368 g/mol. The monoisotopic (exact) mass is 368 g/mol. The Morgan fingerprint density at radius 2 is 1.38 bits per heavy atom. The minimum Gasteiger partial charge on any atom is -0.289 e. The second-order valence-corrected chi connectivity index (χ2v) is 7.81. The largest absolute Gasteiger partial charge is 0.295 e. The summed E-state index contributed by atoms with van der Waals surface area (Å²) in [6.45, 7) is 0. The van der Waals surface area contributed by atoms with E-state index in [0.717, 1.165) is 24.3 Å². The third-order valence-electron chi connectivity index (χ3n) is 3.55. The molecule has 0 heterocycles. The molecule has 1 aliphatic rings. The van der Waals surface area contributed by atoms with Crippen molar-refractivity contribution in [1.29, 1.82) is 0 Å². The molecule has 2 N–H and O–H groups in total. The van der Waals surface area contributed by atoms with E-state index in [2.05, 4.69) is 0 Å². The van der Waals surface area contributed by atoms with Gasteiger partial charge in [-0.25, -0.2) is 0 Å². The third-order valence-corrected chi connectivity index (χ3v) is 5.30. The van der Waals surface area contributed by atoms with Crippen molar-refractivity contribution >= 4 is 31.8 Å². The Balaban J connectivity index is 2.37. The minimum absolute atomic E-state index is 0.132. The van der Waals surface area contributed by atoms with E-state index in [0.29, 0.717) is 0 Å². The Morgan fingerprint density at radius 3 is 1.96 bits per heavy atom.